The average Bonchev–Trinajstić information content (AvgIpc) is 2.83. The van der Waals surface area contributed by atoms with Gasteiger partial charge in [0.15, 0.2) is 0 Å². The maximum Gasteiger partial charge on any atom is 0.311 e. The number of fused-ring (bicyclic) bond motifs is 1. The number of nitrogens with zero attached hydrogens (tertiary/aromatic N) is 3. The number of carboxylic acid groups (broad SMARTS) is 1. The number of aliphatic hydroxyl groups is 1. The van der Waals surface area contributed by atoms with Crippen molar-refractivity contribution in [2.75, 3.05) is 0 Å². The van der Waals surface area contributed by atoms with Gasteiger partial charge >= 0.3 is 5.97 Å². The van der Waals surface area contributed by atoms with E-state index in [2.05, 4.69) is 10.3 Å². The van der Waals surface area contributed by atoms with Crippen molar-refractivity contribution in [3.8, 4) is 11.1 Å². The molecule has 0 unspecified atom stereocenters. The first-order valence-corrected chi connectivity index (χ1v) is 10.5. The van der Waals surface area contributed by atoms with Crippen LogP contribution in [0.3, 0.4) is 0 Å². The third-order valence-electron chi connectivity index (χ3n) is 5.64. The number of aliphatic hydroxyl groups excluding tert-OH is 1. The summed E-state index contributed by atoms with van der Waals surface area (Å²) >= 11 is 0. The van der Waals surface area contributed by atoms with Crippen LogP contribution in [0.2, 0.25) is 0 Å². The highest BCUT2D eigenvalue weighted by molar-refractivity contribution is 5.76. The first-order chi connectivity index (χ1) is 15.9. The van der Waals surface area contributed by atoms with Crippen LogP contribution in [0.4, 0.5) is 4.39 Å². The molecular formula is C25H22FN3O4. The summed E-state index contributed by atoms with van der Waals surface area (Å²) in [6.07, 6.45) is -0.533. The van der Waals surface area contributed by atoms with Crippen molar-refractivity contribution in [3.05, 3.63) is 94.5 Å². The Morgan fingerprint density at radius 1 is 0.970 bits per heavy atom. The van der Waals surface area contributed by atoms with Crippen molar-refractivity contribution >= 4 is 16.9 Å². The SMILES string of the molecule is O=C(O)[C@@H](Cn1nnc2ccccc2c1=O)[C@H](O)CCc1ccc(-c2ccc(F)cc2)cc1. The molecular weight excluding hydrogens is 425 g/mol. The normalized spacial score (nSPS) is 13.0. The fraction of sp³-hybridized carbons (Fsp3) is 0.200. The molecule has 4 rings (SSSR count). The van der Waals surface area contributed by atoms with Crippen LogP contribution in [-0.2, 0) is 17.8 Å². The highest BCUT2D eigenvalue weighted by atomic mass is 19.1. The number of aryl methyl sites for hydroxylation is 1. The first kappa shape index (κ1) is 22.3. The van der Waals surface area contributed by atoms with E-state index < -0.39 is 23.6 Å². The van der Waals surface area contributed by atoms with Gasteiger partial charge in [-0.2, -0.15) is 0 Å². The number of carbonyl (C=O) groups is 1. The Morgan fingerprint density at radius 3 is 2.27 bits per heavy atom. The minimum Gasteiger partial charge on any atom is -0.481 e. The summed E-state index contributed by atoms with van der Waals surface area (Å²) in [6.45, 7) is -0.281. The van der Waals surface area contributed by atoms with E-state index in [1.165, 1.54) is 12.1 Å². The molecule has 8 heteroatoms. The molecule has 0 saturated carbocycles. The molecule has 2 atom stereocenters. The zero-order valence-corrected chi connectivity index (χ0v) is 17.6. The Bertz CT molecular complexity index is 1320. The Balaban J connectivity index is 1.43. The fourth-order valence-corrected chi connectivity index (χ4v) is 3.72. The first-order valence-electron chi connectivity index (χ1n) is 10.5. The van der Waals surface area contributed by atoms with Gasteiger partial charge in [-0.3, -0.25) is 9.59 Å². The summed E-state index contributed by atoms with van der Waals surface area (Å²) < 4.78 is 14.1. The van der Waals surface area contributed by atoms with Gasteiger partial charge in [-0.05, 0) is 53.8 Å². The van der Waals surface area contributed by atoms with Crippen LogP contribution in [0.25, 0.3) is 22.0 Å². The van der Waals surface area contributed by atoms with Gasteiger partial charge in [-0.1, -0.05) is 53.7 Å². The van der Waals surface area contributed by atoms with Crippen LogP contribution in [0.5, 0.6) is 0 Å². The number of aromatic nitrogens is 3. The predicted octanol–water partition coefficient (Wildman–Crippen LogP) is 3.29. The molecule has 0 spiro atoms. The van der Waals surface area contributed by atoms with Crippen molar-refractivity contribution in [2.45, 2.75) is 25.5 Å². The summed E-state index contributed by atoms with van der Waals surface area (Å²) in [6, 6.07) is 20.4. The largest absolute Gasteiger partial charge is 0.481 e. The molecule has 0 saturated heterocycles. The molecule has 1 heterocycles. The van der Waals surface area contributed by atoms with E-state index >= 15 is 0 Å². The Kier molecular flexibility index (Phi) is 6.55. The molecule has 168 valence electrons. The van der Waals surface area contributed by atoms with Gasteiger partial charge in [0.1, 0.15) is 17.3 Å². The summed E-state index contributed by atoms with van der Waals surface area (Å²) in [5.41, 5.74) is 2.71. The lowest BCUT2D eigenvalue weighted by Gasteiger charge is -2.19. The quantitative estimate of drug-likeness (QED) is 0.429. The van der Waals surface area contributed by atoms with Crippen molar-refractivity contribution in [1.29, 1.82) is 0 Å². The standard InChI is InChI=1S/C25H22FN3O4/c26-19-12-10-18(11-13-19)17-8-5-16(6-9-17)7-14-23(30)21(25(32)33)15-29-24(31)20-3-1-2-4-22(20)27-28-29/h1-6,8-13,21,23,30H,7,14-15H2,(H,32,33)/t21-,23+/m0/s1. The number of hydrogen-bond acceptors (Lipinski definition) is 5. The molecule has 0 radical (unpaired) electrons. The van der Waals surface area contributed by atoms with E-state index in [0.717, 1.165) is 21.4 Å². The molecule has 0 aliphatic rings. The number of benzene rings is 3. The van der Waals surface area contributed by atoms with Gasteiger partial charge in [0.25, 0.3) is 5.56 Å². The molecule has 0 bridgehead atoms. The van der Waals surface area contributed by atoms with Gasteiger partial charge in [-0.15, -0.1) is 5.10 Å². The monoisotopic (exact) mass is 447 g/mol. The van der Waals surface area contributed by atoms with Gasteiger partial charge in [-0.25, -0.2) is 9.07 Å². The van der Waals surface area contributed by atoms with Crippen LogP contribution < -0.4 is 5.56 Å². The molecule has 0 aliphatic heterocycles. The van der Waals surface area contributed by atoms with Gasteiger partial charge in [0.05, 0.1) is 18.0 Å². The van der Waals surface area contributed by atoms with E-state index in [4.69, 9.17) is 0 Å². The molecule has 2 N–H and O–H groups in total. The predicted molar refractivity (Wildman–Crippen MR) is 121 cm³/mol. The van der Waals surface area contributed by atoms with E-state index in [0.29, 0.717) is 17.3 Å². The summed E-state index contributed by atoms with van der Waals surface area (Å²) in [5, 5.41) is 28.4. The number of carboxylic acids is 1. The van der Waals surface area contributed by atoms with Crippen molar-refractivity contribution < 1.29 is 19.4 Å². The lowest BCUT2D eigenvalue weighted by Crippen LogP contribution is -2.37. The van der Waals surface area contributed by atoms with Gasteiger partial charge < -0.3 is 10.2 Å². The van der Waals surface area contributed by atoms with Crippen LogP contribution in [0.15, 0.2) is 77.6 Å². The maximum absolute atomic E-state index is 13.1. The number of halogens is 1. The van der Waals surface area contributed by atoms with E-state index in [1.807, 2.05) is 24.3 Å². The molecule has 0 fully saturated rings. The molecule has 7 nitrogen and oxygen atoms in total. The van der Waals surface area contributed by atoms with E-state index in [1.54, 1.807) is 36.4 Å². The third kappa shape index (κ3) is 5.12. The number of hydrogen-bond donors (Lipinski definition) is 2. The highest BCUT2D eigenvalue weighted by Gasteiger charge is 2.28. The topological polar surface area (TPSA) is 105 Å². The van der Waals surface area contributed by atoms with Crippen LogP contribution in [-0.4, -0.2) is 37.3 Å². The summed E-state index contributed by atoms with van der Waals surface area (Å²) in [4.78, 5) is 24.4. The third-order valence-corrected chi connectivity index (χ3v) is 5.64. The molecule has 0 amide bonds. The zero-order valence-electron chi connectivity index (χ0n) is 17.6. The molecule has 0 aliphatic carbocycles. The lowest BCUT2D eigenvalue weighted by atomic mass is 9.95. The van der Waals surface area contributed by atoms with Crippen LogP contribution in [0, 0.1) is 11.7 Å². The fourth-order valence-electron chi connectivity index (χ4n) is 3.72. The van der Waals surface area contributed by atoms with Crippen molar-refractivity contribution in [3.63, 3.8) is 0 Å². The van der Waals surface area contributed by atoms with Gasteiger partial charge in [0, 0.05) is 0 Å². The number of aliphatic carboxylic acids is 1. The second kappa shape index (κ2) is 9.70. The maximum atomic E-state index is 13.1. The zero-order chi connectivity index (χ0) is 23.4. The van der Waals surface area contributed by atoms with Crippen LogP contribution in [0.1, 0.15) is 12.0 Å². The molecule has 1 aromatic heterocycles. The Labute approximate surface area is 188 Å². The lowest BCUT2D eigenvalue weighted by molar-refractivity contribution is -0.146. The van der Waals surface area contributed by atoms with E-state index in [-0.39, 0.29) is 18.8 Å². The second-order valence-electron chi connectivity index (χ2n) is 7.85. The Hall–Kier alpha value is -3.91. The van der Waals surface area contributed by atoms with Gasteiger partial charge in [0.2, 0.25) is 0 Å². The Morgan fingerprint density at radius 2 is 1.61 bits per heavy atom. The molecule has 3 aromatic carbocycles. The second-order valence-corrected chi connectivity index (χ2v) is 7.85. The van der Waals surface area contributed by atoms with Crippen molar-refractivity contribution in [1.82, 2.24) is 15.0 Å². The smallest absolute Gasteiger partial charge is 0.311 e. The van der Waals surface area contributed by atoms with Crippen LogP contribution >= 0.6 is 0 Å². The highest BCUT2D eigenvalue weighted by Crippen LogP contribution is 2.21. The van der Waals surface area contributed by atoms with Crippen molar-refractivity contribution in [2.24, 2.45) is 5.92 Å². The number of rotatable bonds is 8. The average molecular weight is 447 g/mol. The summed E-state index contributed by atoms with van der Waals surface area (Å²) in [5.74, 6) is -2.72. The minimum atomic E-state index is -1.21. The summed E-state index contributed by atoms with van der Waals surface area (Å²) in [7, 11) is 0. The van der Waals surface area contributed by atoms with E-state index in [9.17, 15) is 24.2 Å². The molecule has 4 aromatic rings. The molecule has 33 heavy (non-hydrogen) atoms. The minimum absolute atomic E-state index is 0.197.